The van der Waals surface area contributed by atoms with Crippen molar-refractivity contribution < 1.29 is 0 Å². The Hall–Kier alpha value is -1.32. The van der Waals surface area contributed by atoms with Gasteiger partial charge in [0, 0.05) is 34.9 Å². The van der Waals surface area contributed by atoms with E-state index in [0.29, 0.717) is 11.5 Å². The standard InChI is InChI=1S/C24H32ClN3/c1-16(24-13-17-9-18(14-24)11-19(10-17)15-24)26-6-2-7-27-22-5-8-28-23-12-20(25)3-4-21(22)23/h3-5,8,12,16-19,26H,2,6-7,9-11,13-15H2,1H3,(H,27,28). The first-order chi connectivity index (χ1) is 13.6. The summed E-state index contributed by atoms with van der Waals surface area (Å²) in [4.78, 5) is 4.42. The summed E-state index contributed by atoms with van der Waals surface area (Å²) >= 11 is 6.09. The van der Waals surface area contributed by atoms with Gasteiger partial charge in [-0.15, -0.1) is 0 Å². The third-order valence-corrected chi connectivity index (χ3v) is 8.06. The number of aromatic nitrogens is 1. The minimum Gasteiger partial charge on any atom is -0.384 e. The summed E-state index contributed by atoms with van der Waals surface area (Å²) in [6.45, 7) is 4.52. The lowest BCUT2D eigenvalue weighted by Gasteiger charge is -2.59. The summed E-state index contributed by atoms with van der Waals surface area (Å²) < 4.78 is 0. The van der Waals surface area contributed by atoms with Crippen LogP contribution in [0.1, 0.15) is 51.9 Å². The molecule has 4 bridgehead atoms. The molecule has 1 heterocycles. The van der Waals surface area contributed by atoms with Gasteiger partial charge in [0.05, 0.1) is 5.52 Å². The van der Waals surface area contributed by atoms with Gasteiger partial charge in [0.15, 0.2) is 0 Å². The number of fused-ring (bicyclic) bond motifs is 1. The molecule has 0 aliphatic heterocycles. The fourth-order valence-electron chi connectivity index (χ4n) is 6.83. The number of halogens is 1. The maximum Gasteiger partial charge on any atom is 0.0737 e. The number of anilines is 1. The lowest BCUT2D eigenvalue weighted by molar-refractivity contribution is -0.0702. The summed E-state index contributed by atoms with van der Waals surface area (Å²) in [7, 11) is 0. The van der Waals surface area contributed by atoms with Crippen LogP contribution in [0.2, 0.25) is 5.02 Å². The van der Waals surface area contributed by atoms with Crippen molar-refractivity contribution >= 4 is 28.2 Å². The molecule has 0 radical (unpaired) electrons. The van der Waals surface area contributed by atoms with E-state index in [4.69, 9.17) is 11.6 Å². The molecule has 4 heteroatoms. The van der Waals surface area contributed by atoms with Crippen LogP contribution in [0, 0.1) is 23.2 Å². The first-order valence-electron chi connectivity index (χ1n) is 11.1. The normalized spacial score (nSPS) is 32.0. The molecule has 1 unspecified atom stereocenters. The van der Waals surface area contributed by atoms with Crippen LogP contribution in [-0.2, 0) is 0 Å². The molecule has 3 nitrogen and oxygen atoms in total. The van der Waals surface area contributed by atoms with E-state index in [1.807, 2.05) is 18.3 Å². The molecule has 150 valence electrons. The predicted molar refractivity (Wildman–Crippen MR) is 118 cm³/mol. The third-order valence-electron chi connectivity index (χ3n) is 7.83. The highest BCUT2D eigenvalue weighted by Gasteiger charge is 2.52. The Balaban J connectivity index is 1.13. The first kappa shape index (κ1) is 18.7. The average molecular weight is 398 g/mol. The summed E-state index contributed by atoms with van der Waals surface area (Å²) in [6, 6.07) is 8.63. The Morgan fingerprint density at radius 3 is 2.50 bits per heavy atom. The molecule has 0 saturated heterocycles. The molecule has 1 aromatic heterocycles. The smallest absolute Gasteiger partial charge is 0.0737 e. The van der Waals surface area contributed by atoms with Crippen molar-refractivity contribution in [3.05, 3.63) is 35.5 Å². The Morgan fingerprint density at radius 2 is 1.79 bits per heavy atom. The number of nitrogens with one attached hydrogen (secondary N) is 2. The van der Waals surface area contributed by atoms with E-state index >= 15 is 0 Å². The highest BCUT2D eigenvalue weighted by atomic mass is 35.5. The molecule has 1 aromatic carbocycles. The lowest BCUT2D eigenvalue weighted by Crippen LogP contribution is -2.55. The minimum absolute atomic E-state index is 0.600. The van der Waals surface area contributed by atoms with E-state index in [9.17, 15) is 0 Å². The number of hydrogen-bond acceptors (Lipinski definition) is 3. The van der Waals surface area contributed by atoms with Crippen molar-refractivity contribution in [2.45, 2.75) is 57.9 Å². The second kappa shape index (κ2) is 7.50. The van der Waals surface area contributed by atoms with Gasteiger partial charge in [0.1, 0.15) is 0 Å². The van der Waals surface area contributed by atoms with Crippen LogP contribution in [0.4, 0.5) is 5.69 Å². The maximum absolute atomic E-state index is 6.09. The summed E-state index contributed by atoms with van der Waals surface area (Å²) in [5, 5.41) is 9.37. The molecule has 4 saturated carbocycles. The molecule has 28 heavy (non-hydrogen) atoms. The average Bonchev–Trinajstić information content (AvgIpc) is 2.66. The second-order valence-corrected chi connectivity index (χ2v) is 10.2. The van der Waals surface area contributed by atoms with Gasteiger partial charge in [0.25, 0.3) is 0 Å². The molecule has 4 fully saturated rings. The van der Waals surface area contributed by atoms with Gasteiger partial charge >= 0.3 is 0 Å². The molecule has 0 spiro atoms. The Morgan fingerprint density at radius 1 is 1.07 bits per heavy atom. The fraction of sp³-hybridized carbons (Fsp3) is 0.625. The molecule has 4 aliphatic carbocycles. The molecule has 1 atom stereocenters. The number of hydrogen-bond donors (Lipinski definition) is 2. The highest BCUT2D eigenvalue weighted by molar-refractivity contribution is 6.31. The van der Waals surface area contributed by atoms with Crippen LogP contribution in [-0.4, -0.2) is 24.1 Å². The summed E-state index contributed by atoms with van der Waals surface area (Å²) in [5.74, 6) is 3.10. The van der Waals surface area contributed by atoms with Gasteiger partial charge < -0.3 is 10.6 Å². The SMILES string of the molecule is CC(NCCCNc1ccnc2cc(Cl)ccc12)C12CC3CC(CC(C3)C1)C2. The zero-order valence-electron chi connectivity index (χ0n) is 16.9. The number of pyridine rings is 1. The van der Waals surface area contributed by atoms with Gasteiger partial charge in [0.2, 0.25) is 0 Å². The monoisotopic (exact) mass is 397 g/mol. The van der Waals surface area contributed by atoms with Crippen molar-refractivity contribution in [1.82, 2.24) is 10.3 Å². The van der Waals surface area contributed by atoms with Crippen molar-refractivity contribution in [3.63, 3.8) is 0 Å². The van der Waals surface area contributed by atoms with Gasteiger partial charge in [-0.25, -0.2) is 0 Å². The minimum atomic E-state index is 0.600. The van der Waals surface area contributed by atoms with Crippen LogP contribution < -0.4 is 10.6 Å². The Kier molecular flexibility index (Phi) is 5.00. The molecule has 2 N–H and O–H groups in total. The van der Waals surface area contributed by atoms with Crippen molar-refractivity contribution in [1.29, 1.82) is 0 Å². The predicted octanol–water partition coefficient (Wildman–Crippen LogP) is 5.88. The van der Waals surface area contributed by atoms with Crippen LogP contribution in [0.25, 0.3) is 10.9 Å². The largest absolute Gasteiger partial charge is 0.384 e. The van der Waals surface area contributed by atoms with Crippen LogP contribution in [0.5, 0.6) is 0 Å². The Bertz CT molecular complexity index is 814. The molecule has 0 amide bonds. The van der Waals surface area contributed by atoms with Crippen molar-refractivity contribution in [2.75, 3.05) is 18.4 Å². The van der Waals surface area contributed by atoms with Crippen LogP contribution >= 0.6 is 11.6 Å². The molecular weight excluding hydrogens is 366 g/mol. The molecule has 4 aliphatic rings. The van der Waals surface area contributed by atoms with Crippen LogP contribution in [0.3, 0.4) is 0 Å². The van der Waals surface area contributed by atoms with E-state index in [2.05, 4.69) is 34.7 Å². The molecule has 6 rings (SSSR count). The van der Waals surface area contributed by atoms with E-state index in [0.717, 1.165) is 58.9 Å². The zero-order valence-corrected chi connectivity index (χ0v) is 17.6. The highest BCUT2D eigenvalue weighted by Crippen LogP contribution is 2.61. The second-order valence-electron chi connectivity index (χ2n) is 9.76. The quantitative estimate of drug-likeness (QED) is 0.572. The van der Waals surface area contributed by atoms with Gasteiger partial charge in [-0.05, 0) is 106 Å². The van der Waals surface area contributed by atoms with Crippen molar-refractivity contribution in [2.24, 2.45) is 23.2 Å². The van der Waals surface area contributed by atoms with Gasteiger partial charge in [-0.3, -0.25) is 4.98 Å². The molecular formula is C24H32ClN3. The molecule has 2 aromatic rings. The fourth-order valence-corrected chi connectivity index (χ4v) is 7.00. The number of benzene rings is 1. The lowest BCUT2D eigenvalue weighted by atomic mass is 9.48. The maximum atomic E-state index is 6.09. The Labute approximate surface area is 173 Å². The van der Waals surface area contributed by atoms with Crippen molar-refractivity contribution in [3.8, 4) is 0 Å². The van der Waals surface area contributed by atoms with E-state index in [-0.39, 0.29) is 0 Å². The summed E-state index contributed by atoms with van der Waals surface area (Å²) in [6.07, 6.45) is 12.0. The first-order valence-corrected chi connectivity index (χ1v) is 11.5. The number of rotatable bonds is 7. The van der Waals surface area contributed by atoms with Gasteiger partial charge in [-0.1, -0.05) is 11.6 Å². The zero-order chi connectivity index (χ0) is 19.1. The van der Waals surface area contributed by atoms with E-state index < -0.39 is 0 Å². The van der Waals surface area contributed by atoms with Crippen LogP contribution in [0.15, 0.2) is 30.5 Å². The summed E-state index contributed by atoms with van der Waals surface area (Å²) in [5.41, 5.74) is 2.70. The van der Waals surface area contributed by atoms with Gasteiger partial charge in [-0.2, -0.15) is 0 Å². The van der Waals surface area contributed by atoms with E-state index in [1.165, 1.54) is 38.5 Å². The number of nitrogens with zero attached hydrogens (tertiary/aromatic N) is 1. The third kappa shape index (κ3) is 3.52. The topological polar surface area (TPSA) is 37.0 Å². The van der Waals surface area contributed by atoms with E-state index in [1.54, 1.807) is 0 Å².